The minimum Gasteiger partial charge on any atom is -0.318 e. The predicted molar refractivity (Wildman–Crippen MR) is 81.3 cm³/mol. The summed E-state index contributed by atoms with van der Waals surface area (Å²) in [5.74, 6) is -0.804. The number of hydrogen-bond acceptors (Lipinski definition) is 5. The van der Waals surface area contributed by atoms with Gasteiger partial charge in [-0.15, -0.1) is 5.10 Å². The van der Waals surface area contributed by atoms with Gasteiger partial charge in [0.2, 0.25) is 10.7 Å². The Balaban J connectivity index is 1.82. The lowest BCUT2D eigenvalue weighted by molar-refractivity contribution is -0.124. The highest BCUT2D eigenvalue weighted by atomic mass is 32.2. The zero-order chi connectivity index (χ0) is 15.0. The summed E-state index contributed by atoms with van der Waals surface area (Å²) in [5, 5.41) is 4.12. The summed E-state index contributed by atoms with van der Waals surface area (Å²) in [6, 6.07) is 7.87. The van der Waals surface area contributed by atoms with Crippen molar-refractivity contribution in [2.45, 2.75) is 6.42 Å². The van der Waals surface area contributed by atoms with Gasteiger partial charge in [-0.2, -0.15) is 0 Å². The van der Waals surface area contributed by atoms with Crippen molar-refractivity contribution in [3.63, 3.8) is 0 Å². The number of para-hydroxylation sites is 1. The Kier molecular flexibility index (Phi) is 3.58. The lowest BCUT2D eigenvalue weighted by atomic mass is 10.1. The number of fused-ring (bicyclic) bond motifs is 1. The number of nitrogens with one attached hydrogen (secondary N) is 1. The van der Waals surface area contributed by atoms with Gasteiger partial charge in [-0.05, 0) is 18.6 Å². The van der Waals surface area contributed by atoms with Crippen molar-refractivity contribution >= 4 is 37.3 Å². The average Bonchev–Trinajstić information content (AvgIpc) is 2.97. The third-order valence-corrected chi connectivity index (χ3v) is 6.46. The van der Waals surface area contributed by atoms with Gasteiger partial charge in [0.05, 0.1) is 27.6 Å². The summed E-state index contributed by atoms with van der Waals surface area (Å²) in [4.78, 5) is 12.6. The van der Waals surface area contributed by atoms with Crippen LogP contribution in [0.2, 0.25) is 0 Å². The van der Waals surface area contributed by atoms with Crippen LogP contribution in [0.1, 0.15) is 6.42 Å². The van der Waals surface area contributed by atoms with E-state index < -0.39 is 15.8 Å². The number of carbonyl (C=O) groups excluding carboxylic acids is 1. The maximum absolute atomic E-state index is 12.0. The van der Waals surface area contributed by atoms with Crippen molar-refractivity contribution in [3.8, 4) is 0 Å². The number of nitrogens with zero attached hydrogens (tertiary/aromatic N) is 2. The number of thiazole rings is 1. The zero-order valence-corrected chi connectivity index (χ0v) is 13.1. The van der Waals surface area contributed by atoms with Crippen LogP contribution in [0.15, 0.2) is 29.4 Å². The normalized spacial score (nSPS) is 21.8. The van der Waals surface area contributed by atoms with E-state index in [1.807, 2.05) is 35.9 Å². The van der Waals surface area contributed by atoms with E-state index in [0.29, 0.717) is 11.2 Å². The molecule has 3 rings (SSSR count). The molecular weight excluding hydrogens is 310 g/mol. The van der Waals surface area contributed by atoms with Crippen molar-refractivity contribution in [3.05, 3.63) is 29.1 Å². The average molecular weight is 325 g/mol. The summed E-state index contributed by atoms with van der Waals surface area (Å²) < 4.78 is 25.7. The van der Waals surface area contributed by atoms with Crippen LogP contribution in [0.4, 0.5) is 0 Å². The molecule has 0 aliphatic carbocycles. The fraction of sp³-hybridized carbons (Fsp3) is 0.385. The van der Waals surface area contributed by atoms with Crippen molar-refractivity contribution in [1.82, 2.24) is 9.99 Å². The van der Waals surface area contributed by atoms with E-state index in [4.69, 9.17) is 0 Å². The van der Waals surface area contributed by atoms with Crippen LogP contribution in [-0.2, 0) is 21.7 Å². The summed E-state index contributed by atoms with van der Waals surface area (Å²) in [5.41, 5.74) is 3.53. The first-order valence-electron chi connectivity index (χ1n) is 6.55. The molecule has 1 saturated heterocycles. The lowest BCUT2D eigenvalue weighted by Crippen LogP contribution is -2.30. The molecule has 1 N–H and O–H groups in total. The summed E-state index contributed by atoms with van der Waals surface area (Å²) in [6.07, 6.45) is 0.377. The first-order valence-corrected chi connectivity index (χ1v) is 9.19. The van der Waals surface area contributed by atoms with Crippen molar-refractivity contribution in [2.24, 2.45) is 18.1 Å². The molecule has 2 aromatic rings. The molecule has 1 atom stereocenters. The van der Waals surface area contributed by atoms with E-state index in [1.54, 1.807) is 0 Å². The molecule has 21 heavy (non-hydrogen) atoms. The van der Waals surface area contributed by atoms with Crippen LogP contribution in [-0.4, -0.2) is 30.4 Å². The SMILES string of the molecule is Cn1/c(=N/NC(=O)C2CCS(=O)(=O)C2)sc2ccccc21. The second-order valence-electron chi connectivity index (χ2n) is 5.10. The van der Waals surface area contributed by atoms with Crippen LogP contribution >= 0.6 is 11.3 Å². The van der Waals surface area contributed by atoms with E-state index in [-0.39, 0.29) is 17.4 Å². The van der Waals surface area contributed by atoms with Gasteiger partial charge in [0.25, 0.3) is 0 Å². The maximum Gasteiger partial charge on any atom is 0.244 e. The van der Waals surface area contributed by atoms with Gasteiger partial charge in [0.1, 0.15) is 0 Å². The van der Waals surface area contributed by atoms with E-state index >= 15 is 0 Å². The van der Waals surface area contributed by atoms with Crippen LogP contribution in [0.3, 0.4) is 0 Å². The minimum atomic E-state index is -3.06. The molecule has 6 nitrogen and oxygen atoms in total. The summed E-state index contributed by atoms with van der Waals surface area (Å²) >= 11 is 1.47. The fourth-order valence-corrected chi connectivity index (χ4v) is 5.11. The Morgan fingerprint density at radius 1 is 1.43 bits per heavy atom. The molecule has 0 radical (unpaired) electrons. The number of aromatic nitrogens is 1. The molecule has 1 amide bonds. The predicted octanol–water partition coefficient (Wildman–Crippen LogP) is 0.606. The number of carbonyl (C=O) groups is 1. The Labute approximate surface area is 126 Å². The topological polar surface area (TPSA) is 80.5 Å². The molecule has 0 saturated carbocycles. The number of amides is 1. The van der Waals surface area contributed by atoms with Crippen LogP contribution in [0, 0.1) is 5.92 Å². The zero-order valence-electron chi connectivity index (χ0n) is 11.4. The maximum atomic E-state index is 12.0. The number of benzene rings is 1. The molecule has 112 valence electrons. The Morgan fingerprint density at radius 2 is 2.19 bits per heavy atom. The summed E-state index contributed by atoms with van der Waals surface area (Å²) in [7, 11) is -1.18. The second kappa shape index (κ2) is 5.27. The van der Waals surface area contributed by atoms with E-state index in [0.717, 1.165) is 10.2 Å². The monoisotopic (exact) mass is 325 g/mol. The highest BCUT2D eigenvalue weighted by molar-refractivity contribution is 7.91. The molecule has 1 aliphatic rings. The van der Waals surface area contributed by atoms with Crippen LogP contribution < -0.4 is 10.2 Å². The van der Waals surface area contributed by atoms with E-state index in [9.17, 15) is 13.2 Å². The smallest absolute Gasteiger partial charge is 0.244 e. The summed E-state index contributed by atoms with van der Waals surface area (Å²) in [6.45, 7) is 0. The molecule has 1 aromatic carbocycles. The second-order valence-corrected chi connectivity index (χ2v) is 8.34. The van der Waals surface area contributed by atoms with Crippen molar-refractivity contribution < 1.29 is 13.2 Å². The molecule has 1 aliphatic heterocycles. The molecule has 2 heterocycles. The third kappa shape index (κ3) is 2.86. The molecule has 1 unspecified atom stereocenters. The first-order chi connectivity index (χ1) is 9.96. The van der Waals surface area contributed by atoms with Crippen molar-refractivity contribution in [2.75, 3.05) is 11.5 Å². The van der Waals surface area contributed by atoms with Gasteiger partial charge >= 0.3 is 0 Å². The molecular formula is C13H15N3O3S2. The van der Waals surface area contributed by atoms with Crippen LogP contribution in [0.25, 0.3) is 10.2 Å². The van der Waals surface area contributed by atoms with Gasteiger partial charge in [-0.1, -0.05) is 23.5 Å². The quantitative estimate of drug-likeness (QED) is 0.821. The largest absolute Gasteiger partial charge is 0.318 e. The Bertz CT molecular complexity index is 864. The molecule has 8 heteroatoms. The Hall–Kier alpha value is -1.67. The van der Waals surface area contributed by atoms with Crippen LogP contribution in [0.5, 0.6) is 0 Å². The highest BCUT2D eigenvalue weighted by Gasteiger charge is 2.32. The van der Waals surface area contributed by atoms with Crippen molar-refractivity contribution in [1.29, 1.82) is 0 Å². The van der Waals surface area contributed by atoms with Gasteiger partial charge in [-0.3, -0.25) is 4.79 Å². The minimum absolute atomic E-state index is 0.0765. The number of hydrogen-bond donors (Lipinski definition) is 1. The third-order valence-electron chi connectivity index (χ3n) is 3.58. The number of rotatable bonds is 2. The first kappa shape index (κ1) is 14.3. The molecule has 1 aromatic heterocycles. The molecule has 0 bridgehead atoms. The number of aryl methyl sites for hydroxylation is 1. The lowest BCUT2D eigenvalue weighted by Gasteiger charge is -2.04. The van der Waals surface area contributed by atoms with E-state index in [2.05, 4.69) is 10.5 Å². The number of sulfone groups is 1. The Morgan fingerprint density at radius 3 is 2.86 bits per heavy atom. The van der Waals surface area contributed by atoms with Gasteiger partial charge < -0.3 is 4.57 Å². The molecule has 1 fully saturated rings. The van der Waals surface area contributed by atoms with E-state index in [1.165, 1.54) is 11.3 Å². The molecule has 0 spiro atoms. The highest BCUT2D eigenvalue weighted by Crippen LogP contribution is 2.18. The van der Waals surface area contributed by atoms with Gasteiger partial charge in [0, 0.05) is 7.05 Å². The van der Waals surface area contributed by atoms with Gasteiger partial charge in [0.15, 0.2) is 9.84 Å². The van der Waals surface area contributed by atoms with Gasteiger partial charge in [-0.25, -0.2) is 13.8 Å². The standard InChI is InChI=1S/C13H15N3O3S2/c1-16-10-4-2-3-5-11(10)20-13(16)15-14-12(17)9-6-7-21(18,19)8-9/h2-5,9H,6-8H2,1H3,(H,14,17)/b15-13-. The fourth-order valence-electron chi connectivity index (χ4n) is 2.38.